The highest BCUT2D eigenvalue weighted by Gasteiger charge is 2.31. The molecule has 4 rings (SSSR count). The van der Waals surface area contributed by atoms with Crippen LogP contribution < -0.4 is 10.2 Å². The highest BCUT2D eigenvalue weighted by atomic mass is 32.2. The van der Waals surface area contributed by atoms with Gasteiger partial charge in [-0.3, -0.25) is 9.59 Å². The molecule has 1 atom stereocenters. The van der Waals surface area contributed by atoms with Crippen molar-refractivity contribution in [1.82, 2.24) is 9.21 Å². The van der Waals surface area contributed by atoms with E-state index >= 15 is 0 Å². The van der Waals surface area contributed by atoms with Crippen molar-refractivity contribution in [3.05, 3.63) is 54.1 Å². The maximum atomic E-state index is 12.9. The molecule has 0 aliphatic carbocycles. The lowest BCUT2D eigenvalue weighted by atomic mass is 10.1. The van der Waals surface area contributed by atoms with Gasteiger partial charge in [0.15, 0.2) is 0 Å². The smallest absolute Gasteiger partial charge is 0.244 e. The van der Waals surface area contributed by atoms with Gasteiger partial charge in [0.1, 0.15) is 6.04 Å². The number of nitrogens with one attached hydrogen (secondary N) is 1. The largest absolute Gasteiger partial charge is 0.374 e. The highest BCUT2D eigenvalue weighted by Crippen LogP contribution is 2.30. The summed E-state index contributed by atoms with van der Waals surface area (Å²) in [7, 11) is -3.54. The second-order valence-corrected chi connectivity index (χ2v) is 10.1. The maximum absolute atomic E-state index is 12.9. The number of piperazine rings is 1. The van der Waals surface area contributed by atoms with Gasteiger partial charge in [-0.1, -0.05) is 18.2 Å². The zero-order valence-corrected chi connectivity index (χ0v) is 19.1. The minimum Gasteiger partial charge on any atom is -0.374 e. The molecule has 0 bridgehead atoms. The van der Waals surface area contributed by atoms with Crippen LogP contribution in [-0.2, 0) is 26.0 Å². The fourth-order valence-corrected chi connectivity index (χ4v) is 5.74. The molecular weight excluding hydrogens is 428 g/mol. The maximum Gasteiger partial charge on any atom is 0.244 e. The lowest BCUT2D eigenvalue weighted by Gasteiger charge is -2.35. The lowest BCUT2D eigenvalue weighted by Crippen LogP contribution is -2.53. The quantitative estimate of drug-likeness (QED) is 0.743. The predicted molar refractivity (Wildman–Crippen MR) is 123 cm³/mol. The van der Waals surface area contributed by atoms with E-state index in [1.54, 1.807) is 47.1 Å². The molecule has 2 aliphatic rings. The highest BCUT2D eigenvalue weighted by molar-refractivity contribution is 7.89. The van der Waals surface area contributed by atoms with Crippen LogP contribution in [0.25, 0.3) is 0 Å². The molecule has 2 amide bonds. The standard InChI is InChI=1S/C23H28N4O4S/c1-17(24-20-8-9-22-19(16-20)10-11-27(22)18(2)28)23(29)25-12-14-26(15-13-25)32(30,31)21-6-4-3-5-7-21/h3-9,16-17,24H,10-15H2,1-2H3. The summed E-state index contributed by atoms with van der Waals surface area (Å²) in [4.78, 5) is 28.4. The van der Waals surface area contributed by atoms with Gasteiger partial charge in [0, 0.05) is 51.0 Å². The van der Waals surface area contributed by atoms with Gasteiger partial charge in [-0.15, -0.1) is 0 Å². The number of hydrogen-bond donors (Lipinski definition) is 1. The van der Waals surface area contributed by atoms with E-state index < -0.39 is 16.1 Å². The van der Waals surface area contributed by atoms with Gasteiger partial charge in [-0.2, -0.15) is 4.31 Å². The van der Waals surface area contributed by atoms with Gasteiger partial charge in [-0.05, 0) is 49.2 Å². The van der Waals surface area contributed by atoms with Gasteiger partial charge in [0.25, 0.3) is 0 Å². The van der Waals surface area contributed by atoms with Crippen LogP contribution >= 0.6 is 0 Å². The fraction of sp³-hybridized carbons (Fsp3) is 0.391. The Morgan fingerprint density at radius 2 is 1.66 bits per heavy atom. The molecule has 0 saturated carbocycles. The van der Waals surface area contributed by atoms with Crippen LogP contribution in [0.3, 0.4) is 0 Å². The number of amides is 2. The van der Waals surface area contributed by atoms with Crippen molar-refractivity contribution in [3.8, 4) is 0 Å². The van der Waals surface area contributed by atoms with Gasteiger partial charge >= 0.3 is 0 Å². The number of hydrogen-bond acceptors (Lipinski definition) is 5. The summed E-state index contributed by atoms with van der Waals surface area (Å²) in [6, 6.07) is 13.7. The van der Waals surface area contributed by atoms with Crippen molar-refractivity contribution in [1.29, 1.82) is 0 Å². The second kappa shape index (κ2) is 8.91. The van der Waals surface area contributed by atoms with E-state index in [1.165, 1.54) is 4.31 Å². The Bertz CT molecular complexity index is 1110. The van der Waals surface area contributed by atoms with Crippen LogP contribution in [0.2, 0.25) is 0 Å². The van der Waals surface area contributed by atoms with Crippen LogP contribution in [-0.4, -0.2) is 68.2 Å². The summed E-state index contributed by atoms with van der Waals surface area (Å²) in [5, 5.41) is 3.25. The third-order valence-electron chi connectivity index (χ3n) is 6.04. The third-order valence-corrected chi connectivity index (χ3v) is 7.95. The first-order chi connectivity index (χ1) is 15.3. The summed E-state index contributed by atoms with van der Waals surface area (Å²) in [6.45, 7) is 5.31. The number of carbonyl (C=O) groups excluding carboxylic acids is 2. The van der Waals surface area contributed by atoms with E-state index in [2.05, 4.69) is 5.32 Å². The molecule has 9 heteroatoms. The molecule has 2 aliphatic heterocycles. The van der Waals surface area contributed by atoms with Crippen LogP contribution in [0, 0.1) is 0 Å². The van der Waals surface area contributed by atoms with Gasteiger partial charge in [0.05, 0.1) is 4.90 Å². The zero-order chi connectivity index (χ0) is 22.9. The Morgan fingerprint density at radius 1 is 0.969 bits per heavy atom. The van der Waals surface area contributed by atoms with Crippen molar-refractivity contribution in [3.63, 3.8) is 0 Å². The molecule has 1 N–H and O–H groups in total. The number of rotatable bonds is 5. The van der Waals surface area contributed by atoms with E-state index in [4.69, 9.17) is 0 Å². The van der Waals surface area contributed by atoms with Crippen LogP contribution in [0.15, 0.2) is 53.4 Å². The Morgan fingerprint density at radius 3 is 2.31 bits per heavy atom. The fourth-order valence-electron chi connectivity index (χ4n) is 4.29. The average Bonchev–Trinajstić information content (AvgIpc) is 3.23. The molecule has 0 aromatic heterocycles. The third kappa shape index (κ3) is 4.35. The molecule has 1 unspecified atom stereocenters. The second-order valence-electron chi connectivity index (χ2n) is 8.17. The molecule has 32 heavy (non-hydrogen) atoms. The Balaban J connectivity index is 1.35. The first kappa shape index (κ1) is 22.3. The summed E-state index contributed by atoms with van der Waals surface area (Å²) < 4.78 is 27.0. The van der Waals surface area contributed by atoms with E-state index in [0.717, 1.165) is 23.4 Å². The summed E-state index contributed by atoms with van der Waals surface area (Å²) in [5.41, 5.74) is 2.85. The lowest BCUT2D eigenvalue weighted by molar-refractivity contribution is -0.132. The zero-order valence-electron chi connectivity index (χ0n) is 18.3. The number of fused-ring (bicyclic) bond motifs is 1. The van der Waals surface area contributed by atoms with Crippen LogP contribution in [0.4, 0.5) is 11.4 Å². The van der Waals surface area contributed by atoms with E-state index in [1.807, 2.05) is 25.1 Å². The number of benzene rings is 2. The van der Waals surface area contributed by atoms with Crippen molar-refractivity contribution >= 4 is 33.2 Å². The van der Waals surface area contributed by atoms with E-state index in [0.29, 0.717) is 19.6 Å². The minimum atomic E-state index is -3.54. The number of anilines is 2. The summed E-state index contributed by atoms with van der Waals surface area (Å²) in [5.74, 6) is -0.0333. The van der Waals surface area contributed by atoms with Crippen molar-refractivity contribution < 1.29 is 18.0 Å². The molecule has 0 spiro atoms. The Kier molecular flexibility index (Phi) is 6.21. The molecule has 1 fully saturated rings. The van der Waals surface area contributed by atoms with Crippen molar-refractivity contribution in [2.24, 2.45) is 0 Å². The Labute approximate surface area is 188 Å². The van der Waals surface area contributed by atoms with E-state index in [-0.39, 0.29) is 29.8 Å². The number of nitrogens with zero attached hydrogens (tertiary/aromatic N) is 3. The molecule has 2 aromatic carbocycles. The molecule has 170 valence electrons. The van der Waals surface area contributed by atoms with E-state index in [9.17, 15) is 18.0 Å². The molecule has 8 nitrogen and oxygen atoms in total. The number of carbonyl (C=O) groups is 2. The minimum absolute atomic E-state index is 0.0291. The normalized spacial score (nSPS) is 17.7. The SMILES string of the molecule is CC(=O)N1CCc2cc(NC(C)C(=O)N3CCN(S(=O)(=O)c4ccccc4)CC3)ccc21. The van der Waals surface area contributed by atoms with Crippen molar-refractivity contribution in [2.75, 3.05) is 42.9 Å². The monoisotopic (exact) mass is 456 g/mol. The molecule has 2 aromatic rings. The van der Waals surface area contributed by atoms with Crippen LogP contribution in [0.1, 0.15) is 19.4 Å². The Hall–Kier alpha value is -2.91. The first-order valence-corrected chi connectivity index (χ1v) is 12.2. The van der Waals surface area contributed by atoms with Crippen LogP contribution in [0.5, 0.6) is 0 Å². The summed E-state index contributed by atoms with van der Waals surface area (Å²) in [6.07, 6.45) is 0.796. The van der Waals surface area contributed by atoms with Gasteiger partial charge in [-0.25, -0.2) is 8.42 Å². The number of sulfonamides is 1. The summed E-state index contributed by atoms with van der Waals surface area (Å²) >= 11 is 0. The first-order valence-electron chi connectivity index (χ1n) is 10.8. The molecule has 2 heterocycles. The molecule has 1 saturated heterocycles. The molecule has 0 radical (unpaired) electrons. The topological polar surface area (TPSA) is 90.0 Å². The molecular formula is C23H28N4O4S. The van der Waals surface area contributed by atoms with Crippen molar-refractivity contribution in [2.45, 2.75) is 31.2 Å². The predicted octanol–water partition coefficient (Wildman–Crippen LogP) is 1.93. The van der Waals surface area contributed by atoms with Gasteiger partial charge < -0.3 is 15.1 Å². The average molecular weight is 457 g/mol. The van der Waals surface area contributed by atoms with Gasteiger partial charge in [0.2, 0.25) is 21.8 Å².